The predicted molar refractivity (Wildman–Crippen MR) is 72.0 cm³/mol. The number of carbonyl (C=O) groups excluding carboxylic acids is 2. The van der Waals surface area contributed by atoms with Gasteiger partial charge in [0.2, 0.25) is 5.91 Å². The molecule has 0 fully saturated rings. The van der Waals surface area contributed by atoms with Crippen LogP contribution in [0, 0.1) is 0 Å². The Hall–Kier alpha value is -1.06. The van der Waals surface area contributed by atoms with Gasteiger partial charge in [0.15, 0.2) is 0 Å². The third-order valence-electron chi connectivity index (χ3n) is 2.92. The number of esters is 1. The number of ether oxygens (including phenoxy) is 1. The van der Waals surface area contributed by atoms with Crippen molar-refractivity contribution in [2.75, 3.05) is 0 Å². The largest absolute Gasteiger partial charge is 0.463 e. The molecule has 4 nitrogen and oxygen atoms in total. The Morgan fingerprint density at radius 1 is 1.06 bits per heavy atom. The van der Waals surface area contributed by atoms with Crippen molar-refractivity contribution in [2.24, 2.45) is 5.73 Å². The van der Waals surface area contributed by atoms with E-state index in [-0.39, 0.29) is 24.4 Å². The van der Waals surface area contributed by atoms with Crippen molar-refractivity contribution in [1.29, 1.82) is 0 Å². The van der Waals surface area contributed by atoms with Gasteiger partial charge < -0.3 is 10.5 Å². The fraction of sp³-hybridized carbons (Fsp3) is 0.857. The minimum absolute atomic E-state index is 0.152. The molecule has 2 N–H and O–H groups in total. The van der Waals surface area contributed by atoms with E-state index in [0.717, 1.165) is 19.3 Å². The maximum Gasteiger partial charge on any atom is 0.302 e. The minimum Gasteiger partial charge on any atom is -0.463 e. The Kier molecular flexibility index (Phi) is 10.4. The van der Waals surface area contributed by atoms with E-state index in [9.17, 15) is 9.59 Å². The summed E-state index contributed by atoms with van der Waals surface area (Å²) < 4.78 is 5.18. The second-order valence-electron chi connectivity index (χ2n) is 4.79. The van der Waals surface area contributed by atoms with E-state index >= 15 is 0 Å². The lowest BCUT2D eigenvalue weighted by Crippen LogP contribution is -2.20. The second-order valence-corrected chi connectivity index (χ2v) is 4.79. The highest BCUT2D eigenvalue weighted by Gasteiger charge is 2.12. The Morgan fingerprint density at radius 3 is 2.22 bits per heavy atom. The lowest BCUT2D eigenvalue weighted by atomic mass is 10.0. The molecule has 1 atom stereocenters. The van der Waals surface area contributed by atoms with Crippen LogP contribution in [0.5, 0.6) is 0 Å². The molecule has 0 radical (unpaired) electrons. The van der Waals surface area contributed by atoms with Crippen molar-refractivity contribution in [3.63, 3.8) is 0 Å². The molecular weight excluding hydrogens is 230 g/mol. The zero-order valence-corrected chi connectivity index (χ0v) is 11.7. The summed E-state index contributed by atoms with van der Waals surface area (Å²) in [7, 11) is 0. The van der Waals surface area contributed by atoms with Crippen LogP contribution in [0.1, 0.15) is 71.6 Å². The van der Waals surface area contributed by atoms with E-state index in [1.54, 1.807) is 0 Å². The van der Waals surface area contributed by atoms with E-state index in [4.69, 9.17) is 10.5 Å². The molecule has 0 aromatic carbocycles. The van der Waals surface area contributed by atoms with Gasteiger partial charge in [-0.25, -0.2) is 0 Å². The molecule has 4 heteroatoms. The molecule has 0 aromatic rings. The van der Waals surface area contributed by atoms with Crippen molar-refractivity contribution in [3.05, 3.63) is 0 Å². The molecule has 0 saturated carbocycles. The van der Waals surface area contributed by atoms with Gasteiger partial charge in [0, 0.05) is 13.3 Å². The summed E-state index contributed by atoms with van der Waals surface area (Å²) >= 11 is 0. The summed E-state index contributed by atoms with van der Waals surface area (Å²) in [6.07, 6.45) is 8.75. The van der Waals surface area contributed by atoms with Crippen LogP contribution in [0.15, 0.2) is 0 Å². The van der Waals surface area contributed by atoms with Crippen molar-refractivity contribution < 1.29 is 14.3 Å². The molecule has 0 heterocycles. The van der Waals surface area contributed by atoms with Gasteiger partial charge in [-0.1, -0.05) is 39.0 Å². The van der Waals surface area contributed by atoms with E-state index in [1.807, 2.05) is 0 Å². The molecule has 0 unspecified atom stereocenters. The van der Waals surface area contributed by atoms with Gasteiger partial charge in [-0.2, -0.15) is 0 Å². The molecule has 0 rings (SSSR count). The molecule has 0 aliphatic rings. The summed E-state index contributed by atoms with van der Waals surface area (Å²) in [5.74, 6) is -0.620. The Bertz CT molecular complexity index is 241. The number of nitrogens with two attached hydrogens (primary N) is 1. The maximum atomic E-state index is 10.9. The van der Waals surface area contributed by atoms with E-state index in [1.165, 1.54) is 32.6 Å². The number of carbonyl (C=O) groups is 2. The standard InChI is InChI=1S/C14H27NO3/c1-3-4-5-6-7-8-9-13(18-12(2)16)10-11-14(15)17/h13H,3-11H2,1-2H3,(H2,15,17)/t13-/m1/s1. The Balaban J connectivity index is 3.71. The summed E-state index contributed by atoms with van der Waals surface area (Å²) in [5.41, 5.74) is 5.10. The summed E-state index contributed by atoms with van der Waals surface area (Å²) in [6.45, 7) is 3.60. The molecule has 0 aliphatic heterocycles. The molecule has 0 aliphatic carbocycles. The van der Waals surface area contributed by atoms with Crippen molar-refractivity contribution in [3.8, 4) is 0 Å². The van der Waals surface area contributed by atoms with Crippen LogP contribution in [-0.2, 0) is 14.3 Å². The Labute approximate surface area is 110 Å². The summed E-state index contributed by atoms with van der Waals surface area (Å²) in [6, 6.07) is 0. The van der Waals surface area contributed by atoms with Gasteiger partial charge in [-0.05, 0) is 19.3 Å². The topological polar surface area (TPSA) is 69.4 Å². The van der Waals surface area contributed by atoms with E-state index in [2.05, 4.69) is 6.92 Å². The first-order valence-electron chi connectivity index (χ1n) is 7.01. The van der Waals surface area contributed by atoms with Crippen LogP contribution in [0.3, 0.4) is 0 Å². The zero-order valence-electron chi connectivity index (χ0n) is 11.7. The van der Waals surface area contributed by atoms with Gasteiger partial charge in [0.05, 0.1) is 0 Å². The van der Waals surface area contributed by atoms with Crippen LogP contribution in [0.25, 0.3) is 0 Å². The van der Waals surface area contributed by atoms with Gasteiger partial charge in [-0.3, -0.25) is 9.59 Å². The van der Waals surface area contributed by atoms with Crippen LogP contribution >= 0.6 is 0 Å². The third-order valence-corrected chi connectivity index (χ3v) is 2.92. The molecule has 0 aromatic heterocycles. The van der Waals surface area contributed by atoms with Gasteiger partial charge in [0.25, 0.3) is 0 Å². The number of hydrogen-bond acceptors (Lipinski definition) is 3. The lowest BCUT2D eigenvalue weighted by Gasteiger charge is -2.16. The molecular formula is C14H27NO3. The van der Waals surface area contributed by atoms with Crippen LogP contribution in [0.4, 0.5) is 0 Å². The highest BCUT2D eigenvalue weighted by molar-refractivity contribution is 5.73. The average molecular weight is 257 g/mol. The van der Waals surface area contributed by atoms with Gasteiger partial charge in [0.1, 0.15) is 6.10 Å². The van der Waals surface area contributed by atoms with Crippen molar-refractivity contribution in [2.45, 2.75) is 77.7 Å². The van der Waals surface area contributed by atoms with Crippen molar-refractivity contribution in [1.82, 2.24) is 0 Å². The summed E-state index contributed by atoms with van der Waals surface area (Å²) in [5, 5.41) is 0. The minimum atomic E-state index is -0.338. The third kappa shape index (κ3) is 11.4. The zero-order chi connectivity index (χ0) is 13.8. The fourth-order valence-electron chi connectivity index (χ4n) is 1.95. The first-order valence-corrected chi connectivity index (χ1v) is 7.01. The average Bonchev–Trinajstić information content (AvgIpc) is 2.29. The Morgan fingerprint density at radius 2 is 1.67 bits per heavy atom. The normalized spacial score (nSPS) is 12.1. The number of hydrogen-bond donors (Lipinski definition) is 1. The first kappa shape index (κ1) is 16.9. The number of amides is 1. The van der Waals surface area contributed by atoms with Gasteiger partial charge >= 0.3 is 5.97 Å². The van der Waals surface area contributed by atoms with E-state index < -0.39 is 0 Å². The quantitative estimate of drug-likeness (QED) is 0.457. The maximum absolute atomic E-state index is 10.9. The molecule has 0 saturated heterocycles. The smallest absolute Gasteiger partial charge is 0.302 e. The molecule has 18 heavy (non-hydrogen) atoms. The fourth-order valence-corrected chi connectivity index (χ4v) is 1.95. The number of rotatable bonds is 11. The van der Waals surface area contributed by atoms with E-state index in [0.29, 0.717) is 6.42 Å². The number of unbranched alkanes of at least 4 members (excludes halogenated alkanes) is 5. The monoisotopic (exact) mass is 257 g/mol. The molecule has 0 spiro atoms. The van der Waals surface area contributed by atoms with Crippen LogP contribution < -0.4 is 5.73 Å². The second kappa shape index (κ2) is 11.1. The first-order chi connectivity index (χ1) is 8.56. The molecule has 106 valence electrons. The highest BCUT2D eigenvalue weighted by Crippen LogP contribution is 2.14. The summed E-state index contributed by atoms with van der Waals surface area (Å²) in [4.78, 5) is 21.7. The lowest BCUT2D eigenvalue weighted by molar-refractivity contribution is -0.147. The predicted octanol–water partition coefficient (Wildman–Crippen LogP) is 2.93. The highest BCUT2D eigenvalue weighted by atomic mass is 16.5. The SMILES string of the molecule is CCCCCCCC[C@H](CCC(N)=O)OC(C)=O. The molecule has 1 amide bonds. The van der Waals surface area contributed by atoms with Crippen molar-refractivity contribution >= 4 is 11.9 Å². The number of primary amides is 1. The van der Waals surface area contributed by atoms with Crippen LogP contribution in [-0.4, -0.2) is 18.0 Å². The molecule has 0 bridgehead atoms. The van der Waals surface area contributed by atoms with Gasteiger partial charge in [-0.15, -0.1) is 0 Å². The van der Waals surface area contributed by atoms with Crippen LogP contribution in [0.2, 0.25) is 0 Å².